The van der Waals surface area contributed by atoms with Gasteiger partial charge < -0.3 is 4.98 Å². The number of aromatic nitrogens is 5. The van der Waals surface area contributed by atoms with Crippen LogP contribution in [0.4, 0.5) is 0 Å². The number of likely N-dealkylation sites (tertiary alicyclic amines) is 1. The molecule has 1 aliphatic rings. The van der Waals surface area contributed by atoms with Gasteiger partial charge in [0.1, 0.15) is 23.3 Å². The summed E-state index contributed by atoms with van der Waals surface area (Å²) >= 11 is 7.81. The lowest BCUT2D eigenvalue weighted by molar-refractivity contribution is 0.170. The number of fused-ring (bicyclic) bond motifs is 1. The number of rotatable bonds is 4. The van der Waals surface area contributed by atoms with Gasteiger partial charge in [-0.3, -0.25) is 9.69 Å². The average molecular weight is 427 g/mol. The lowest BCUT2D eigenvalue weighted by atomic mass is 10.1. The lowest BCUT2D eigenvalue weighted by Gasteiger charge is -2.31. The summed E-state index contributed by atoms with van der Waals surface area (Å²) < 4.78 is 1.94. The van der Waals surface area contributed by atoms with E-state index in [-0.39, 0.29) is 5.56 Å². The van der Waals surface area contributed by atoms with Crippen LogP contribution in [-0.4, -0.2) is 42.7 Å². The van der Waals surface area contributed by atoms with Crippen molar-refractivity contribution in [3.05, 3.63) is 63.5 Å². The van der Waals surface area contributed by atoms with Gasteiger partial charge in [-0.05, 0) is 18.9 Å². The Morgan fingerprint density at radius 1 is 1.21 bits per heavy atom. The SMILES string of the molecule is O=c1[nH]c(CN2CCC(n3cncn3)CC2)nc2scc(-c3ccccc3Cl)c12. The van der Waals surface area contributed by atoms with Crippen molar-refractivity contribution in [1.82, 2.24) is 29.6 Å². The number of halogens is 1. The maximum Gasteiger partial charge on any atom is 0.260 e. The van der Waals surface area contributed by atoms with E-state index >= 15 is 0 Å². The van der Waals surface area contributed by atoms with Crippen LogP contribution in [0.15, 0.2) is 47.1 Å². The van der Waals surface area contributed by atoms with Gasteiger partial charge in [0.05, 0.1) is 18.0 Å². The van der Waals surface area contributed by atoms with Gasteiger partial charge in [0.15, 0.2) is 0 Å². The van der Waals surface area contributed by atoms with Crippen molar-refractivity contribution in [2.45, 2.75) is 25.4 Å². The van der Waals surface area contributed by atoms with Crippen molar-refractivity contribution in [2.24, 2.45) is 0 Å². The van der Waals surface area contributed by atoms with Crippen molar-refractivity contribution in [2.75, 3.05) is 13.1 Å². The number of H-pyrrole nitrogens is 1. The Morgan fingerprint density at radius 3 is 2.79 bits per heavy atom. The van der Waals surface area contributed by atoms with E-state index in [1.54, 1.807) is 12.7 Å². The normalized spacial score (nSPS) is 15.9. The number of nitrogens with one attached hydrogen (secondary N) is 1. The maximum atomic E-state index is 12.8. The van der Waals surface area contributed by atoms with Crippen LogP contribution in [0, 0.1) is 0 Å². The molecule has 1 N–H and O–H groups in total. The summed E-state index contributed by atoms with van der Waals surface area (Å²) in [5, 5.41) is 7.45. The molecule has 1 aromatic carbocycles. The molecule has 0 unspecified atom stereocenters. The summed E-state index contributed by atoms with van der Waals surface area (Å²) in [4.78, 5) is 27.7. The summed E-state index contributed by atoms with van der Waals surface area (Å²) in [5.74, 6) is 0.703. The van der Waals surface area contributed by atoms with Crippen LogP contribution in [0.25, 0.3) is 21.3 Å². The molecular weight excluding hydrogens is 408 g/mol. The minimum Gasteiger partial charge on any atom is -0.309 e. The molecule has 0 aliphatic carbocycles. The zero-order valence-corrected chi connectivity index (χ0v) is 17.2. The molecule has 0 saturated carbocycles. The monoisotopic (exact) mass is 426 g/mol. The molecule has 4 heterocycles. The van der Waals surface area contributed by atoms with Crippen LogP contribution < -0.4 is 5.56 Å². The van der Waals surface area contributed by atoms with Crippen molar-refractivity contribution in [3.63, 3.8) is 0 Å². The highest BCUT2D eigenvalue weighted by atomic mass is 35.5. The molecule has 4 aromatic rings. The lowest BCUT2D eigenvalue weighted by Crippen LogP contribution is -2.35. The molecule has 7 nitrogen and oxygen atoms in total. The molecule has 0 bridgehead atoms. The van der Waals surface area contributed by atoms with Crippen molar-refractivity contribution in [1.29, 1.82) is 0 Å². The second-order valence-electron chi connectivity index (χ2n) is 7.20. The van der Waals surface area contributed by atoms with Crippen LogP contribution in [0.5, 0.6) is 0 Å². The van der Waals surface area contributed by atoms with Gasteiger partial charge >= 0.3 is 0 Å². The summed E-state index contributed by atoms with van der Waals surface area (Å²) in [6.07, 6.45) is 5.37. The highest BCUT2D eigenvalue weighted by molar-refractivity contribution is 7.17. The molecule has 1 aliphatic heterocycles. The molecule has 1 fully saturated rings. The molecular formula is C20H19ClN6OS. The van der Waals surface area contributed by atoms with E-state index in [0.717, 1.165) is 41.9 Å². The predicted octanol–water partition coefficient (Wildman–Crippen LogP) is 3.73. The Balaban J connectivity index is 1.36. The summed E-state index contributed by atoms with van der Waals surface area (Å²) in [6.45, 7) is 2.50. The van der Waals surface area contributed by atoms with E-state index in [1.807, 2.05) is 34.3 Å². The van der Waals surface area contributed by atoms with Crippen LogP contribution in [0.3, 0.4) is 0 Å². The fourth-order valence-corrected chi connectivity index (χ4v) is 5.10. The number of hydrogen-bond acceptors (Lipinski definition) is 6. The van der Waals surface area contributed by atoms with Gasteiger partial charge in [-0.25, -0.2) is 14.6 Å². The molecule has 29 heavy (non-hydrogen) atoms. The Labute approximate surface area is 176 Å². The minimum absolute atomic E-state index is 0.112. The van der Waals surface area contributed by atoms with E-state index in [4.69, 9.17) is 16.6 Å². The molecule has 0 amide bonds. The van der Waals surface area contributed by atoms with Gasteiger partial charge in [0, 0.05) is 34.6 Å². The van der Waals surface area contributed by atoms with E-state index < -0.39 is 0 Å². The fourth-order valence-electron chi connectivity index (χ4n) is 3.91. The molecule has 9 heteroatoms. The molecule has 0 spiro atoms. The Bertz CT molecular complexity index is 1190. The number of piperidine rings is 1. The third-order valence-electron chi connectivity index (χ3n) is 5.40. The summed E-state index contributed by atoms with van der Waals surface area (Å²) in [5.41, 5.74) is 1.58. The largest absolute Gasteiger partial charge is 0.309 e. The third-order valence-corrected chi connectivity index (χ3v) is 6.60. The van der Waals surface area contributed by atoms with Crippen LogP contribution in [0.2, 0.25) is 5.02 Å². The smallest absolute Gasteiger partial charge is 0.260 e. The predicted molar refractivity (Wildman–Crippen MR) is 114 cm³/mol. The highest BCUT2D eigenvalue weighted by Gasteiger charge is 2.22. The molecule has 0 radical (unpaired) electrons. The Hall–Kier alpha value is -2.55. The van der Waals surface area contributed by atoms with E-state index in [0.29, 0.717) is 28.8 Å². The van der Waals surface area contributed by atoms with E-state index in [1.165, 1.54) is 11.3 Å². The number of hydrogen-bond donors (Lipinski definition) is 1. The number of thiophene rings is 1. The molecule has 5 rings (SSSR count). The topological polar surface area (TPSA) is 79.7 Å². The van der Waals surface area contributed by atoms with Crippen LogP contribution >= 0.6 is 22.9 Å². The van der Waals surface area contributed by atoms with E-state index in [2.05, 4.69) is 20.0 Å². The van der Waals surface area contributed by atoms with Crippen molar-refractivity contribution in [3.8, 4) is 11.1 Å². The van der Waals surface area contributed by atoms with Gasteiger partial charge in [-0.15, -0.1) is 11.3 Å². The van der Waals surface area contributed by atoms with Gasteiger partial charge in [0.25, 0.3) is 5.56 Å². The van der Waals surface area contributed by atoms with Gasteiger partial charge in [-0.2, -0.15) is 5.10 Å². The van der Waals surface area contributed by atoms with Crippen LogP contribution in [0.1, 0.15) is 24.7 Å². The first-order valence-corrected chi connectivity index (χ1v) is 10.8. The van der Waals surface area contributed by atoms with Gasteiger partial charge in [0.2, 0.25) is 0 Å². The highest BCUT2D eigenvalue weighted by Crippen LogP contribution is 2.35. The Kier molecular flexibility index (Phi) is 4.91. The first-order chi connectivity index (χ1) is 14.2. The standard InChI is InChI=1S/C20H19ClN6OS/c21-16-4-2-1-3-14(16)15-10-29-20-18(15)19(28)24-17(25-20)9-26-7-5-13(6-8-26)27-12-22-11-23-27/h1-4,10-13H,5-9H2,(H,24,25,28). The quantitative estimate of drug-likeness (QED) is 0.537. The van der Waals surface area contributed by atoms with E-state index in [9.17, 15) is 4.79 Å². The number of nitrogens with zero attached hydrogens (tertiary/aromatic N) is 5. The fraction of sp³-hybridized carbons (Fsp3) is 0.300. The summed E-state index contributed by atoms with van der Waals surface area (Å²) in [7, 11) is 0. The van der Waals surface area contributed by atoms with Crippen LogP contribution in [-0.2, 0) is 6.54 Å². The number of aromatic amines is 1. The number of benzene rings is 1. The first kappa shape index (κ1) is 18.5. The molecule has 0 atom stereocenters. The van der Waals surface area contributed by atoms with Gasteiger partial charge in [-0.1, -0.05) is 29.8 Å². The van der Waals surface area contributed by atoms with Crippen molar-refractivity contribution < 1.29 is 0 Å². The zero-order chi connectivity index (χ0) is 19.8. The third kappa shape index (κ3) is 3.59. The Morgan fingerprint density at radius 2 is 2.03 bits per heavy atom. The summed E-state index contributed by atoms with van der Waals surface area (Å²) in [6, 6.07) is 7.95. The second-order valence-corrected chi connectivity index (χ2v) is 8.47. The van der Waals surface area contributed by atoms with Crippen molar-refractivity contribution >= 4 is 33.2 Å². The molecule has 148 valence electrons. The molecule has 3 aromatic heterocycles. The zero-order valence-electron chi connectivity index (χ0n) is 15.6. The minimum atomic E-state index is -0.112. The molecule has 1 saturated heterocycles. The maximum absolute atomic E-state index is 12.8. The first-order valence-electron chi connectivity index (χ1n) is 9.51. The average Bonchev–Trinajstić information content (AvgIpc) is 3.39. The second kappa shape index (κ2) is 7.70.